The second-order valence-corrected chi connectivity index (χ2v) is 9.54. The van der Waals surface area contributed by atoms with Gasteiger partial charge >= 0.3 is 5.97 Å². The van der Waals surface area contributed by atoms with E-state index >= 15 is 0 Å². The van der Waals surface area contributed by atoms with Crippen molar-refractivity contribution >= 4 is 46.4 Å². The van der Waals surface area contributed by atoms with Gasteiger partial charge in [-0.05, 0) is 24.0 Å². The number of carboxylic acid groups (broad SMARTS) is 1. The number of benzene rings is 1. The lowest BCUT2D eigenvalue weighted by Gasteiger charge is -2.27. The average molecular weight is 546 g/mol. The summed E-state index contributed by atoms with van der Waals surface area (Å²) >= 11 is 0. The number of nitrogens with one attached hydrogen (secondary N) is 4. The molecule has 4 atom stereocenters. The zero-order valence-electron chi connectivity index (χ0n) is 21.7. The number of nitrogens with two attached hydrogens (primary N) is 3. The van der Waals surface area contributed by atoms with Crippen LogP contribution in [0.25, 0.3) is 10.9 Å². The maximum absolute atomic E-state index is 13.4. The van der Waals surface area contributed by atoms with E-state index in [4.69, 9.17) is 17.2 Å². The van der Waals surface area contributed by atoms with Crippen LogP contribution in [0.1, 0.15) is 38.7 Å². The Hall–Kier alpha value is -4.46. The minimum absolute atomic E-state index is 0.0238. The Labute approximate surface area is 224 Å². The molecule has 14 heteroatoms. The van der Waals surface area contributed by atoms with Crippen LogP contribution in [0.5, 0.6) is 0 Å². The number of hydrogen-bond donors (Lipinski definition) is 8. The zero-order valence-corrected chi connectivity index (χ0v) is 21.7. The molecule has 0 saturated carbocycles. The number of fused-ring (bicyclic) bond motifs is 1. The van der Waals surface area contributed by atoms with E-state index < -0.39 is 72.0 Å². The van der Waals surface area contributed by atoms with Crippen molar-refractivity contribution in [3.05, 3.63) is 36.0 Å². The number of hydrogen-bond acceptors (Lipinski definition) is 7. The van der Waals surface area contributed by atoms with Gasteiger partial charge in [0.2, 0.25) is 29.5 Å². The van der Waals surface area contributed by atoms with Crippen LogP contribution in [0.2, 0.25) is 0 Å². The summed E-state index contributed by atoms with van der Waals surface area (Å²) in [6.07, 6.45) is 0.923. The predicted octanol–water partition coefficient (Wildman–Crippen LogP) is -1.63. The highest BCUT2D eigenvalue weighted by atomic mass is 16.4. The number of aliphatic carboxylic acids is 1. The summed E-state index contributed by atoms with van der Waals surface area (Å²) in [5.41, 5.74) is 17.6. The van der Waals surface area contributed by atoms with Gasteiger partial charge in [0, 0.05) is 29.9 Å². The van der Waals surface area contributed by atoms with Crippen LogP contribution in [-0.4, -0.2) is 69.8 Å². The van der Waals surface area contributed by atoms with Gasteiger partial charge in [-0.2, -0.15) is 0 Å². The first-order chi connectivity index (χ1) is 18.3. The number of H-pyrrole nitrogens is 1. The predicted molar refractivity (Wildman–Crippen MR) is 140 cm³/mol. The largest absolute Gasteiger partial charge is 0.480 e. The van der Waals surface area contributed by atoms with Crippen molar-refractivity contribution in [1.29, 1.82) is 0 Å². The number of amides is 5. The third-order valence-electron chi connectivity index (χ3n) is 6.04. The van der Waals surface area contributed by atoms with E-state index in [9.17, 15) is 33.9 Å². The van der Waals surface area contributed by atoms with Gasteiger partial charge in [-0.1, -0.05) is 32.0 Å². The lowest BCUT2D eigenvalue weighted by molar-refractivity contribution is -0.144. The number of aromatic amines is 1. The van der Waals surface area contributed by atoms with E-state index in [1.807, 2.05) is 24.3 Å². The van der Waals surface area contributed by atoms with Crippen LogP contribution in [0.4, 0.5) is 0 Å². The SMILES string of the molecule is CC(C)C(NC(=O)C(Cc1c[nH]c2ccccc12)NC(=O)C(N)CCC(N)=O)C(=O)NC(CC(N)=O)C(=O)O. The molecule has 0 aliphatic carbocycles. The van der Waals surface area contributed by atoms with E-state index in [1.165, 1.54) is 0 Å². The molecule has 1 heterocycles. The Morgan fingerprint density at radius 1 is 0.897 bits per heavy atom. The molecule has 1 aromatic heterocycles. The number of carboxylic acids is 1. The highest BCUT2D eigenvalue weighted by Crippen LogP contribution is 2.19. The minimum Gasteiger partial charge on any atom is -0.480 e. The summed E-state index contributed by atoms with van der Waals surface area (Å²) in [6.45, 7) is 3.25. The Kier molecular flexibility index (Phi) is 11.0. The van der Waals surface area contributed by atoms with Crippen LogP contribution in [-0.2, 0) is 35.2 Å². The molecule has 39 heavy (non-hydrogen) atoms. The minimum atomic E-state index is -1.59. The molecule has 0 aliphatic rings. The number of para-hydroxylation sites is 1. The molecule has 0 saturated heterocycles. The van der Waals surface area contributed by atoms with E-state index in [2.05, 4.69) is 20.9 Å². The van der Waals surface area contributed by atoms with Gasteiger partial charge in [0.1, 0.15) is 18.1 Å². The molecule has 0 fully saturated rings. The molecule has 4 unspecified atom stereocenters. The first-order valence-corrected chi connectivity index (χ1v) is 12.3. The normalized spacial score (nSPS) is 14.2. The van der Waals surface area contributed by atoms with Crippen LogP contribution in [0, 0.1) is 5.92 Å². The Bertz CT molecular complexity index is 1230. The van der Waals surface area contributed by atoms with Crippen LogP contribution in [0.15, 0.2) is 30.5 Å². The first-order valence-electron chi connectivity index (χ1n) is 12.3. The molecule has 1 aromatic carbocycles. The van der Waals surface area contributed by atoms with Crippen LogP contribution >= 0.6 is 0 Å². The quantitative estimate of drug-likeness (QED) is 0.129. The fraction of sp³-hybridized carbons (Fsp3) is 0.440. The molecular weight excluding hydrogens is 510 g/mol. The Morgan fingerprint density at radius 3 is 2.13 bits per heavy atom. The van der Waals surface area contributed by atoms with Gasteiger partial charge < -0.3 is 43.2 Å². The van der Waals surface area contributed by atoms with E-state index in [0.29, 0.717) is 5.56 Å². The molecule has 0 bridgehead atoms. The molecule has 14 nitrogen and oxygen atoms in total. The van der Waals surface area contributed by atoms with Gasteiger partial charge in [0.15, 0.2) is 0 Å². The molecule has 0 spiro atoms. The summed E-state index contributed by atoms with van der Waals surface area (Å²) in [7, 11) is 0. The lowest BCUT2D eigenvalue weighted by Crippen LogP contribution is -2.59. The number of rotatable bonds is 15. The number of carbonyl (C=O) groups excluding carboxylic acids is 5. The number of primary amides is 2. The zero-order chi connectivity index (χ0) is 29.3. The fourth-order valence-electron chi connectivity index (χ4n) is 3.89. The molecule has 0 radical (unpaired) electrons. The smallest absolute Gasteiger partial charge is 0.326 e. The van der Waals surface area contributed by atoms with Gasteiger partial charge in [0.05, 0.1) is 12.5 Å². The topological polar surface area (TPSA) is 253 Å². The maximum Gasteiger partial charge on any atom is 0.326 e. The summed E-state index contributed by atoms with van der Waals surface area (Å²) in [5.74, 6) is -5.80. The fourth-order valence-corrected chi connectivity index (χ4v) is 3.89. The summed E-state index contributed by atoms with van der Waals surface area (Å²) in [4.78, 5) is 76.0. The second-order valence-electron chi connectivity index (χ2n) is 9.54. The van der Waals surface area contributed by atoms with E-state index in [1.54, 1.807) is 20.0 Å². The van der Waals surface area contributed by atoms with Crippen LogP contribution in [0.3, 0.4) is 0 Å². The highest BCUT2D eigenvalue weighted by molar-refractivity contribution is 5.95. The van der Waals surface area contributed by atoms with Gasteiger partial charge in [-0.3, -0.25) is 24.0 Å². The van der Waals surface area contributed by atoms with Gasteiger partial charge in [0.25, 0.3) is 0 Å². The van der Waals surface area contributed by atoms with Crippen molar-refractivity contribution in [3.8, 4) is 0 Å². The molecular formula is C25H35N7O7. The molecule has 5 amide bonds. The third-order valence-corrected chi connectivity index (χ3v) is 6.04. The monoisotopic (exact) mass is 545 g/mol. The summed E-state index contributed by atoms with van der Waals surface area (Å²) < 4.78 is 0. The Balaban J connectivity index is 2.28. The number of carbonyl (C=O) groups is 6. The van der Waals surface area contributed by atoms with Crippen LogP contribution < -0.4 is 33.2 Å². The summed E-state index contributed by atoms with van der Waals surface area (Å²) in [6, 6.07) is 2.23. The highest BCUT2D eigenvalue weighted by Gasteiger charge is 2.32. The van der Waals surface area contributed by atoms with Crippen molar-refractivity contribution in [1.82, 2.24) is 20.9 Å². The first kappa shape index (κ1) is 30.8. The molecule has 2 aromatic rings. The Morgan fingerprint density at radius 2 is 1.54 bits per heavy atom. The standard InChI is InChI=1S/C25H35N7O7/c1-12(2)21(24(37)31-18(25(38)39)10-20(28)34)32-23(36)17(30-22(35)15(26)7-8-19(27)33)9-13-11-29-16-6-4-3-5-14(13)16/h3-6,11-12,15,17-18,21,29H,7-10,26H2,1-2H3,(H2,27,33)(H2,28,34)(H,30,35)(H,31,37)(H,32,36)(H,38,39). The number of aromatic nitrogens is 1. The average Bonchev–Trinajstić information content (AvgIpc) is 3.26. The van der Waals surface area contributed by atoms with Gasteiger partial charge in [-0.15, -0.1) is 0 Å². The summed E-state index contributed by atoms with van der Waals surface area (Å²) in [5, 5.41) is 17.5. The van der Waals surface area contributed by atoms with E-state index in [-0.39, 0.29) is 19.3 Å². The van der Waals surface area contributed by atoms with Crippen molar-refractivity contribution in [3.63, 3.8) is 0 Å². The lowest BCUT2D eigenvalue weighted by atomic mass is 9.99. The second kappa shape index (κ2) is 13.9. The molecule has 0 aliphatic heterocycles. The molecule has 212 valence electrons. The molecule has 2 rings (SSSR count). The third kappa shape index (κ3) is 9.10. The van der Waals surface area contributed by atoms with Crippen molar-refractivity contribution < 1.29 is 33.9 Å². The van der Waals surface area contributed by atoms with Crippen molar-refractivity contribution in [2.24, 2.45) is 23.1 Å². The molecule has 11 N–H and O–H groups in total. The van der Waals surface area contributed by atoms with Gasteiger partial charge in [-0.25, -0.2) is 4.79 Å². The van der Waals surface area contributed by atoms with Crippen molar-refractivity contribution in [2.45, 2.75) is 63.7 Å². The maximum atomic E-state index is 13.4. The van der Waals surface area contributed by atoms with Crippen molar-refractivity contribution in [2.75, 3.05) is 0 Å². The van der Waals surface area contributed by atoms with E-state index in [0.717, 1.165) is 10.9 Å².